The maximum Gasteiger partial charge on any atom is 0.255 e. The first-order chi connectivity index (χ1) is 16.3. The van der Waals surface area contributed by atoms with Crippen molar-refractivity contribution in [3.05, 3.63) is 65.7 Å². The van der Waals surface area contributed by atoms with Crippen LogP contribution in [0.2, 0.25) is 0 Å². The van der Waals surface area contributed by atoms with Crippen molar-refractivity contribution >= 4 is 17.8 Å². The zero-order chi connectivity index (χ0) is 24.4. The number of benzene rings is 1. The van der Waals surface area contributed by atoms with Gasteiger partial charge in [0, 0.05) is 37.7 Å². The second kappa shape index (κ2) is 9.57. The number of aliphatic hydroxyl groups is 2. The highest BCUT2D eigenvalue weighted by molar-refractivity contribution is 5.91. The van der Waals surface area contributed by atoms with Crippen molar-refractivity contribution in [1.29, 1.82) is 0 Å². The third-order valence-electron chi connectivity index (χ3n) is 5.95. The second-order valence-electron chi connectivity index (χ2n) is 8.16. The lowest BCUT2D eigenvalue weighted by Crippen LogP contribution is -2.50. The van der Waals surface area contributed by atoms with Crippen LogP contribution < -0.4 is 10.6 Å². The molecule has 1 unspecified atom stereocenters. The molecule has 2 amide bonds. The lowest BCUT2D eigenvalue weighted by Gasteiger charge is -2.26. The molecule has 1 aliphatic heterocycles. The highest BCUT2D eigenvalue weighted by Gasteiger charge is 2.39. The third-order valence-corrected chi connectivity index (χ3v) is 5.95. The number of hydrogen-bond donors (Lipinski definition) is 4. The summed E-state index contributed by atoms with van der Waals surface area (Å²) in [6.07, 6.45) is 1.28. The van der Waals surface area contributed by atoms with Gasteiger partial charge in [-0.15, -0.1) is 0 Å². The fourth-order valence-corrected chi connectivity index (χ4v) is 3.93. The van der Waals surface area contributed by atoms with Crippen LogP contribution in [0.15, 0.2) is 48.9 Å². The second-order valence-corrected chi connectivity index (χ2v) is 8.16. The molecule has 11 nitrogen and oxygen atoms in total. The van der Waals surface area contributed by atoms with Gasteiger partial charge >= 0.3 is 0 Å². The monoisotopic (exact) mass is 465 g/mol. The molecule has 0 fully saturated rings. The lowest BCUT2D eigenvalue weighted by atomic mass is 10.1. The molecule has 0 saturated heterocycles. The highest BCUT2D eigenvalue weighted by Crippen LogP contribution is 2.32. The summed E-state index contributed by atoms with van der Waals surface area (Å²) < 4.78 is 1.71. The van der Waals surface area contributed by atoms with Crippen LogP contribution in [0.1, 0.15) is 42.8 Å². The van der Waals surface area contributed by atoms with Crippen molar-refractivity contribution in [3.63, 3.8) is 0 Å². The first-order valence-electron chi connectivity index (χ1n) is 10.9. The van der Waals surface area contributed by atoms with Crippen molar-refractivity contribution in [2.75, 3.05) is 12.4 Å². The first-order valence-corrected chi connectivity index (χ1v) is 10.9. The zero-order valence-corrected chi connectivity index (χ0v) is 19.1. The smallest absolute Gasteiger partial charge is 0.255 e. The molecule has 11 heteroatoms. The predicted octanol–water partition coefficient (Wildman–Crippen LogP) is 0.706. The number of aromatic nitrogens is 4. The van der Waals surface area contributed by atoms with Crippen molar-refractivity contribution in [2.45, 2.75) is 44.7 Å². The lowest BCUT2D eigenvalue weighted by molar-refractivity contribution is -0.155. The maximum atomic E-state index is 12.9. The van der Waals surface area contributed by atoms with Gasteiger partial charge in [-0.25, -0.2) is 14.6 Å². The molecule has 1 aromatic carbocycles. The molecule has 0 spiro atoms. The van der Waals surface area contributed by atoms with Crippen molar-refractivity contribution < 1.29 is 19.8 Å². The average Bonchev–Trinajstić information content (AvgIpc) is 3.51. The van der Waals surface area contributed by atoms with Gasteiger partial charge in [-0.1, -0.05) is 12.1 Å². The van der Waals surface area contributed by atoms with Crippen LogP contribution in [-0.4, -0.2) is 65.9 Å². The molecule has 3 heterocycles. The molecule has 0 aliphatic carbocycles. The highest BCUT2D eigenvalue weighted by atomic mass is 16.3. The van der Waals surface area contributed by atoms with E-state index in [9.17, 15) is 19.8 Å². The number of nitrogens with zero attached hydrogens (tertiary/aromatic N) is 5. The summed E-state index contributed by atoms with van der Waals surface area (Å²) in [5.41, 5.74) is 3.06. The van der Waals surface area contributed by atoms with Gasteiger partial charge in [0.1, 0.15) is 0 Å². The Hall–Kier alpha value is -3.83. The number of rotatable bonds is 7. The third kappa shape index (κ3) is 4.47. The maximum absolute atomic E-state index is 12.9. The van der Waals surface area contributed by atoms with Gasteiger partial charge in [0.2, 0.25) is 5.95 Å². The number of carbonyl (C=O) groups is 2. The van der Waals surface area contributed by atoms with E-state index >= 15 is 0 Å². The van der Waals surface area contributed by atoms with E-state index in [0.717, 1.165) is 16.8 Å². The minimum atomic E-state index is -1.92. The molecule has 0 bridgehead atoms. The van der Waals surface area contributed by atoms with Crippen LogP contribution >= 0.6 is 0 Å². The summed E-state index contributed by atoms with van der Waals surface area (Å²) in [7, 11) is 1.69. The van der Waals surface area contributed by atoms with Gasteiger partial charge in [-0.3, -0.25) is 9.59 Å². The molecule has 4 atom stereocenters. The van der Waals surface area contributed by atoms with Crippen LogP contribution in [0.4, 0.5) is 5.95 Å². The number of fused-ring (bicyclic) bond motifs is 1. The Morgan fingerprint density at radius 1 is 1.18 bits per heavy atom. The van der Waals surface area contributed by atoms with E-state index in [1.54, 1.807) is 38.0 Å². The summed E-state index contributed by atoms with van der Waals surface area (Å²) in [4.78, 5) is 35.4. The van der Waals surface area contributed by atoms with Crippen molar-refractivity contribution in [1.82, 2.24) is 30.0 Å². The Kier molecular flexibility index (Phi) is 6.57. The van der Waals surface area contributed by atoms with Crippen LogP contribution in [-0.2, 0) is 16.1 Å². The van der Waals surface area contributed by atoms with Crippen LogP contribution in [0, 0.1) is 0 Å². The van der Waals surface area contributed by atoms with Gasteiger partial charge in [-0.2, -0.15) is 5.10 Å². The van der Waals surface area contributed by atoms with Gasteiger partial charge < -0.3 is 25.7 Å². The van der Waals surface area contributed by atoms with Gasteiger partial charge in [0.05, 0.1) is 23.5 Å². The molecule has 4 rings (SSSR count). The molecule has 0 saturated carbocycles. The van der Waals surface area contributed by atoms with Crippen molar-refractivity contribution in [2.24, 2.45) is 0 Å². The Morgan fingerprint density at radius 3 is 2.56 bits per heavy atom. The minimum Gasteiger partial charge on any atom is -0.380 e. The fraction of sp³-hybridized carbons (Fsp3) is 0.348. The quantitative estimate of drug-likeness (QED) is 0.399. The van der Waals surface area contributed by atoms with E-state index in [0.29, 0.717) is 11.6 Å². The molecule has 34 heavy (non-hydrogen) atoms. The Morgan fingerprint density at radius 2 is 1.91 bits per heavy atom. The van der Waals surface area contributed by atoms with Crippen LogP contribution in [0.3, 0.4) is 0 Å². The topological polar surface area (TPSA) is 146 Å². The molecular weight excluding hydrogens is 438 g/mol. The Balaban J connectivity index is 1.38. The summed E-state index contributed by atoms with van der Waals surface area (Å²) in [6, 6.07) is 8.30. The summed E-state index contributed by atoms with van der Waals surface area (Å²) in [5, 5.41) is 30.5. The van der Waals surface area contributed by atoms with Crippen LogP contribution in [0.5, 0.6) is 0 Å². The molecule has 3 aromatic rings. The van der Waals surface area contributed by atoms with Gasteiger partial charge in [0.25, 0.3) is 11.8 Å². The van der Waals surface area contributed by atoms with Crippen LogP contribution in [0.25, 0.3) is 5.69 Å². The Labute approximate surface area is 196 Å². The predicted molar refractivity (Wildman–Crippen MR) is 123 cm³/mol. The number of amides is 2. The molecule has 0 radical (unpaired) electrons. The van der Waals surface area contributed by atoms with E-state index in [1.807, 2.05) is 36.5 Å². The molecule has 178 valence electrons. The summed E-state index contributed by atoms with van der Waals surface area (Å²) >= 11 is 0. The molecule has 4 N–H and O–H groups in total. The number of nitrogens with one attached hydrogen (secondary N) is 2. The molecular formula is C23H27N7O4. The largest absolute Gasteiger partial charge is 0.380 e. The van der Waals surface area contributed by atoms with E-state index in [-0.39, 0.29) is 6.54 Å². The first kappa shape index (κ1) is 23.3. The van der Waals surface area contributed by atoms with Crippen molar-refractivity contribution in [3.8, 4) is 5.69 Å². The normalized spacial score (nSPS) is 17.6. The summed E-state index contributed by atoms with van der Waals surface area (Å²) in [6.45, 7) is 3.70. The zero-order valence-electron chi connectivity index (χ0n) is 19.1. The number of aliphatic hydroxyl groups excluding tert-OH is 2. The molecule has 1 aliphatic rings. The van der Waals surface area contributed by atoms with E-state index in [1.165, 1.54) is 4.90 Å². The standard InChI is InChI=1S/C23H27N7O4/c1-13(15-5-7-17(8-6-15)30-10-4-9-26-30)27-21(33)19(31)20(32)22(34)29-12-16-11-25-23(24-3)28-18(16)14(29)2/h4-11,13-14,19-20,31-32H,12H2,1-3H3,(H,27,33)(H,24,25,28)/t13-,14?,19-,20-/m1/s1. The average molecular weight is 466 g/mol. The summed E-state index contributed by atoms with van der Waals surface area (Å²) in [5.74, 6) is -1.17. The number of hydrogen-bond acceptors (Lipinski definition) is 8. The Bertz CT molecular complexity index is 1170. The van der Waals surface area contributed by atoms with Gasteiger partial charge in [-0.05, 0) is 37.6 Å². The van der Waals surface area contributed by atoms with E-state index in [2.05, 4.69) is 25.7 Å². The van der Waals surface area contributed by atoms with E-state index < -0.39 is 36.1 Å². The molecule has 2 aromatic heterocycles. The number of anilines is 1. The SMILES string of the molecule is CNc1ncc2c(n1)C(C)N(C(=O)[C@H](O)[C@@H](O)C(=O)N[C@H](C)c1ccc(-n3cccn3)cc1)C2. The number of carbonyl (C=O) groups excluding carboxylic acids is 2. The van der Waals surface area contributed by atoms with E-state index in [4.69, 9.17) is 0 Å². The fourth-order valence-electron chi connectivity index (χ4n) is 3.93. The minimum absolute atomic E-state index is 0.184. The van der Waals surface area contributed by atoms with Gasteiger partial charge in [0.15, 0.2) is 12.2 Å².